The summed E-state index contributed by atoms with van der Waals surface area (Å²) < 4.78 is 0. The summed E-state index contributed by atoms with van der Waals surface area (Å²) in [6, 6.07) is 22.1. The van der Waals surface area contributed by atoms with E-state index in [-0.39, 0.29) is 5.91 Å². The third kappa shape index (κ3) is 2.97. The summed E-state index contributed by atoms with van der Waals surface area (Å²) in [5.74, 6) is -0.131. The zero-order valence-electron chi connectivity index (χ0n) is 15.6. The van der Waals surface area contributed by atoms with Crippen LogP contribution >= 0.6 is 0 Å². The van der Waals surface area contributed by atoms with E-state index >= 15 is 0 Å². The van der Waals surface area contributed by atoms with Crippen LogP contribution in [0.25, 0.3) is 21.7 Å². The zero-order valence-corrected chi connectivity index (χ0v) is 15.6. The lowest BCUT2D eigenvalue weighted by Gasteiger charge is -2.18. The monoisotopic (exact) mass is 367 g/mol. The minimum Gasteiger partial charge on any atom is -0.371 e. The number of fused-ring (bicyclic) bond motifs is 3. The van der Waals surface area contributed by atoms with Gasteiger partial charge in [0, 0.05) is 36.0 Å². The number of benzene rings is 3. The van der Waals surface area contributed by atoms with Gasteiger partial charge in [0.2, 0.25) is 0 Å². The van der Waals surface area contributed by atoms with Crippen molar-refractivity contribution in [2.24, 2.45) is 0 Å². The van der Waals surface area contributed by atoms with E-state index in [1.54, 1.807) is 6.20 Å². The molecule has 138 valence electrons. The van der Waals surface area contributed by atoms with Crippen LogP contribution in [-0.2, 0) is 0 Å². The van der Waals surface area contributed by atoms with Gasteiger partial charge < -0.3 is 10.2 Å². The van der Waals surface area contributed by atoms with Crippen LogP contribution < -0.4 is 10.2 Å². The Balaban J connectivity index is 1.53. The fourth-order valence-electron chi connectivity index (χ4n) is 4.06. The van der Waals surface area contributed by atoms with Gasteiger partial charge in [0.1, 0.15) is 0 Å². The summed E-state index contributed by atoms with van der Waals surface area (Å²) >= 11 is 0. The highest BCUT2D eigenvalue weighted by atomic mass is 16.1. The number of nitrogens with zero attached hydrogens (tertiary/aromatic N) is 2. The van der Waals surface area contributed by atoms with Crippen molar-refractivity contribution in [2.45, 2.75) is 12.8 Å². The Morgan fingerprint density at radius 2 is 1.71 bits per heavy atom. The van der Waals surface area contributed by atoms with Gasteiger partial charge >= 0.3 is 0 Å². The first-order valence-corrected chi connectivity index (χ1v) is 9.72. The van der Waals surface area contributed by atoms with Gasteiger partial charge in [-0.3, -0.25) is 9.78 Å². The molecule has 4 nitrogen and oxygen atoms in total. The van der Waals surface area contributed by atoms with Crippen LogP contribution in [0.5, 0.6) is 0 Å². The van der Waals surface area contributed by atoms with Crippen LogP contribution in [-0.4, -0.2) is 24.0 Å². The molecule has 2 heterocycles. The second-order valence-corrected chi connectivity index (χ2v) is 7.24. The van der Waals surface area contributed by atoms with E-state index in [0.29, 0.717) is 5.56 Å². The number of aromatic nitrogens is 1. The van der Waals surface area contributed by atoms with Crippen molar-refractivity contribution in [1.82, 2.24) is 4.98 Å². The molecule has 1 aromatic heterocycles. The molecule has 1 saturated heterocycles. The molecule has 0 radical (unpaired) electrons. The van der Waals surface area contributed by atoms with Crippen LogP contribution in [0.1, 0.15) is 23.2 Å². The maximum absolute atomic E-state index is 13.1. The average molecular weight is 367 g/mol. The Morgan fingerprint density at radius 3 is 2.61 bits per heavy atom. The molecule has 0 spiro atoms. The molecule has 0 unspecified atom stereocenters. The van der Waals surface area contributed by atoms with E-state index in [0.717, 1.165) is 46.1 Å². The number of carbonyl (C=O) groups is 1. The van der Waals surface area contributed by atoms with Crippen molar-refractivity contribution >= 4 is 39.0 Å². The maximum atomic E-state index is 13.1. The van der Waals surface area contributed by atoms with Crippen molar-refractivity contribution in [3.63, 3.8) is 0 Å². The average Bonchev–Trinajstić information content (AvgIpc) is 3.28. The van der Waals surface area contributed by atoms with E-state index in [1.165, 1.54) is 12.8 Å². The highest BCUT2D eigenvalue weighted by Crippen LogP contribution is 2.28. The Labute approximate surface area is 163 Å². The molecule has 0 atom stereocenters. The normalized spacial score (nSPS) is 13.9. The Hall–Kier alpha value is -3.40. The van der Waals surface area contributed by atoms with Gasteiger partial charge in [0.05, 0.1) is 11.1 Å². The first-order valence-electron chi connectivity index (χ1n) is 9.72. The van der Waals surface area contributed by atoms with Crippen molar-refractivity contribution in [2.75, 3.05) is 23.3 Å². The lowest BCUT2D eigenvalue weighted by Crippen LogP contribution is -2.18. The fourth-order valence-corrected chi connectivity index (χ4v) is 4.06. The quantitative estimate of drug-likeness (QED) is 0.504. The number of hydrogen-bond donors (Lipinski definition) is 1. The molecule has 28 heavy (non-hydrogen) atoms. The topological polar surface area (TPSA) is 45.2 Å². The Morgan fingerprint density at radius 1 is 0.893 bits per heavy atom. The van der Waals surface area contributed by atoms with Crippen LogP contribution in [0.15, 0.2) is 72.9 Å². The maximum Gasteiger partial charge on any atom is 0.257 e. The van der Waals surface area contributed by atoms with Crippen LogP contribution in [0.2, 0.25) is 0 Å². The van der Waals surface area contributed by atoms with Crippen LogP contribution in [0, 0.1) is 0 Å². The molecule has 3 aromatic carbocycles. The molecule has 4 heteroatoms. The molecule has 1 aliphatic heterocycles. The third-order valence-electron chi connectivity index (χ3n) is 5.43. The number of amides is 1. The lowest BCUT2D eigenvalue weighted by molar-refractivity contribution is 0.102. The standard InChI is InChI=1S/C24H21N3O/c28-24(26-18-8-5-9-19(16-18)27-13-3-4-14-27)22-15-17-7-1-2-10-20(17)21-11-6-12-25-23(21)22/h1-2,5-12,15-16H,3-4,13-14H2,(H,26,28). The molecule has 0 bridgehead atoms. The summed E-state index contributed by atoms with van der Waals surface area (Å²) in [5, 5.41) is 6.22. The number of nitrogens with one attached hydrogen (secondary N) is 1. The molecule has 1 N–H and O–H groups in total. The molecule has 5 rings (SSSR count). The van der Waals surface area contributed by atoms with Gasteiger partial charge in [0.15, 0.2) is 0 Å². The highest BCUT2D eigenvalue weighted by molar-refractivity contribution is 6.18. The van der Waals surface area contributed by atoms with Gasteiger partial charge in [-0.05, 0) is 53.9 Å². The number of rotatable bonds is 3. The highest BCUT2D eigenvalue weighted by Gasteiger charge is 2.16. The zero-order chi connectivity index (χ0) is 18.9. The van der Waals surface area contributed by atoms with Gasteiger partial charge in [-0.2, -0.15) is 0 Å². The second-order valence-electron chi connectivity index (χ2n) is 7.24. The summed E-state index contributed by atoms with van der Waals surface area (Å²) in [7, 11) is 0. The Kier molecular flexibility index (Phi) is 4.17. The smallest absolute Gasteiger partial charge is 0.257 e. The number of pyridine rings is 1. The number of carbonyl (C=O) groups excluding carboxylic acids is 1. The molecule has 0 aliphatic carbocycles. The SMILES string of the molecule is O=C(Nc1cccc(N2CCCC2)c1)c1cc2ccccc2c2cccnc12. The third-order valence-corrected chi connectivity index (χ3v) is 5.43. The van der Waals surface area contributed by atoms with E-state index in [9.17, 15) is 4.79 Å². The molecule has 1 fully saturated rings. The molecule has 0 saturated carbocycles. The molecule has 1 amide bonds. The summed E-state index contributed by atoms with van der Waals surface area (Å²) in [6.07, 6.45) is 4.19. The predicted molar refractivity (Wildman–Crippen MR) is 115 cm³/mol. The molecule has 4 aromatic rings. The van der Waals surface area contributed by atoms with Crippen LogP contribution in [0.4, 0.5) is 11.4 Å². The van der Waals surface area contributed by atoms with Crippen molar-refractivity contribution in [1.29, 1.82) is 0 Å². The first-order chi connectivity index (χ1) is 13.8. The van der Waals surface area contributed by atoms with Crippen molar-refractivity contribution < 1.29 is 4.79 Å². The molecular formula is C24H21N3O. The first kappa shape index (κ1) is 16.8. The van der Waals surface area contributed by atoms with E-state index in [4.69, 9.17) is 0 Å². The van der Waals surface area contributed by atoms with E-state index in [2.05, 4.69) is 33.4 Å². The second kappa shape index (κ2) is 6.97. The van der Waals surface area contributed by atoms with Gasteiger partial charge in [-0.25, -0.2) is 0 Å². The van der Waals surface area contributed by atoms with Gasteiger partial charge in [0.25, 0.3) is 5.91 Å². The summed E-state index contributed by atoms with van der Waals surface area (Å²) in [6.45, 7) is 2.16. The summed E-state index contributed by atoms with van der Waals surface area (Å²) in [4.78, 5) is 20.0. The predicted octanol–water partition coefficient (Wildman–Crippen LogP) is 5.24. The number of anilines is 2. The van der Waals surface area contributed by atoms with E-state index in [1.807, 2.05) is 48.5 Å². The molecule has 1 aliphatic rings. The van der Waals surface area contributed by atoms with Gasteiger partial charge in [-0.15, -0.1) is 0 Å². The largest absolute Gasteiger partial charge is 0.371 e. The fraction of sp³-hybridized carbons (Fsp3) is 0.167. The minimum absolute atomic E-state index is 0.131. The Bertz CT molecular complexity index is 1180. The van der Waals surface area contributed by atoms with E-state index < -0.39 is 0 Å². The minimum atomic E-state index is -0.131. The van der Waals surface area contributed by atoms with Gasteiger partial charge in [-0.1, -0.05) is 36.4 Å². The lowest BCUT2D eigenvalue weighted by atomic mass is 10.0. The van der Waals surface area contributed by atoms with Crippen molar-refractivity contribution in [3.8, 4) is 0 Å². The summed E-state index contributed by atoms with van der Waals surface area (Å²) in [5.41, 5.74) is 3.30. The molecular weight excluding hydrogens is 346 g/mol. The number of hydrogen-bond acceptors (Lipinski definition) is 3. The van der Waals surface area contributed by atoms with Crippen LogP contribution in [0.3, 0.4) is 0 Å². The van der Waals surface area contributed by atoms with Crippen molar-refractivity contribution in [3.05, 3.63) is 78.5 Å².